The van der Waals surface area contributed by atoms with Crippen LogP contribution in [-0.2, 0) is 9.53 Å². The molecule has 0 saturated carbocycles. The lowest BCUT2D eigenvalue weighted by molar-refractivity contribution is -0.142. The Morgan fingerprint density at radius 3 is 2.69 bits per heavy atom. The maximum absolute atomic E-state index is 12.9. The standard InChI is InChI=1S/C10H10F2O4/c1-16-9(14)4-8(13)6-2-5(11)3-7(12)10(6)15/h2-3,8,13,15H,4H2,1H3/t8-/m1/s1. The molecule has 0 bridgehead atoms. The Kier molecular flexibility index (Phi) is 3.78. The number of aliphatic hydroxyl groups excluding tert-OH is 1. The Balaban J connectivity index is 2.99. The summed E-state index contributed by atoms with van der Waals surface area (Å²) in [6.07, 6.45) is -2.01. The molecule has 1 aromatic rings. The van der Waals surface area contributed by atoms with Gasteiger partial charge in [-0.05, 0) is 6.07 Å². The van der Waals surface area contributed by atoms with Crippen molar-refractivity contribution in [3.8, 4) is 5.75 Å². The van der Waals surface area contributed by atoms with Gasteiger partial charge in [0.25, 0.3) is 0 Å². The normalized spacial score (nSPS) is 12.2. The Morgan fingerprint density at radius 1 is 1.50 bits per heavy atom. The fraction of sp³-hybridized carbons (Fsp3) is 0.300. The number of benzene rings is 1. The van der Waals surface area contributed by atoms with E-state index in [-0.39, 0.29) is 5.56 Å². The number of aliphatic hydroxyl groups is 1. The highest BCUT2D eigenvalue weighted by Crippen LogP contribution is 2.29. The monoisotopic (exact) mass is 232 g/mol. The highest BCUT2D eigenvalue weighted by atomic mass is 19.1. The molecular formula is C10H10F2O4. The highest BCUT2D eigenvalue weighted by molar-refractivity contribution is 5.70. The summed E-state index contributed by atoms with van der Waals surface area (Å²) in [5.74, 6) is -3.78. The molecule has 0 aliphatic carbocycles. The minimum Gasteiger partial charge on any atom is -0.505 e. The van der Waals surface area contributed by atoms with Crippen LogP contribution in [0.4, 0.5) is 8.78 Å². The molecule has 0 radical (unpaired) electrons. The van der Waals surface area contributed by atoms with Gasteiger partial charge in [-0.2, -0.15) is 0 Å². The molecule has 0 saturated heterocycles. The minimum atomic E-state index is -1.52. The average Bonchev–Trinajstić information content (AvgIpc) is 2.22. The van der Waals surface area contributed by atoms with Crippen molar-refractivity contribution in [1.29, 1.82) is 0 Å². The first-order chi connectivity index (χ1) is 7.45. The molecule has 2 N–H and O–H groups in total. The Hall–Kier alpha value is -1.69. The van der Waals surface area contributed by atoms with E-state index in [0.29, 0.717) is 6.07 Å². The number of methoxy groups -OCH3 is 1. The zero-order valence-corrected chi connectivity index (χ0v) is 8.41. The molecule has 4 nitrogen and oxygen atoms in total. The molecule has 0 aliphatic heterocycles. The van der Waals surface area contributed by atoms with Crippen LogP contribution in [-0.4, -0.2) is 23.3 Å². The lowest BCUT2D eigenvalue weighted by Crippen LogP contribution is -2.09. The van der Waals surface area contributed by atoms with E-state index in [9.17, 15) is 23.8 Å². The summed E-state index contributed by atoms with van der Waals surface area (Å²) in [6, 6.07) is 1.23. The molecule has 0 heterocycles. The van der Waals surface area contributed by atoms with Crippen LogP contribution in [0.1, 0.15) is 18.1 Å². The van der Waals surface area contributed by atoms with Gasteiger partial charge in [-0.3, -0.25) is 4.79 Å². The largest absolute Gasteiger partial charge is 0.505 e. The Morgan fingerprint density at radius 2 is 2.12 bits per heavy atom. The molecule has 1 aromatic carbocycles. The number of rotatable bonds is 3. The zero-order valence-electron chi connectivity index (χ0n) is 8.41. The first-order valence-corrected chi connectivity index (χ1v) is 4.38. The molecule has 0 unspecified atom stereocenters. The summed E-state index contributed by atoms with van der Waals surface area (Å²) in [7, 11) is 1.11. The molecule has 0 aliphatic rings. The summed E-state index contributed by atoms with van der Waals surface area (Å²) < 4.78 is 30.0. The zero-order chi connectivity index (χ0) is 12.3. The number of carbonyl (C=O) groups excluding carboxylic acids is 1. The first kappa shape index (κ1) is 12.4. The van der Waals surface area contributed by atoms with E-state index < -0.39 is 35.9 Å². The number of halogens is 2. The van der Waals surface area contributed by atoms with Gasteiger partial charge in [0.15, 0.2) is 11.6 Å². The quantitative estimate of drug-likeness (QED) is 0.770. The van der Waals surface area contributed by atoms with Crippen molar-refractivity contribution in [3.05, 3.63) is 29.3 Å². The Labute approximate surface area is 90.1 Å². The lowest BCUT2D eigenvalue weighted by Gasteiger charge is -2.11. The topological polar surface area (TPSA) is 66.8 Å². The molecular weight excluding hydrogens is 222 g/mol. The molecule has 0 spiro atoms. The van der Waals surface area contributed by atoms with Gasteiger partial charge in [-0.1, -0.05) is 0 Å². The van der Waals surface area contributed by atoms with Crippen LogP contribution in [0.3, 0.4) is 0 Å². The smallest absolute Gasteiger partial charge is 0.308 e. The van der Waals surface area contributed by atoms with Crippen LogP contribution in [0.25, 0.3) is 0 Å². The summed E-state index contributed by atoms with van der Waals surface area (Å²) >= 11 is 0. The molecule has 0 fully saturated rings. The van der Waals surface area contributed by atoms with Crippen LogP contribution in [0.5, 0.6) is 5.75 Å². The van der Waals surface area contributed by atoms with E-state index in [1.54, 1.807) is 0 Å². The third kappa shape index (κ3) is 2.66. The highest BCUT2D eigenvalue weighted by Gasteiger charge is 2.20. The number of hydrogen-bond donors (Lipinski definition) is 2. The maximum Gasteiger partial charge on any atom is 0.308 e. The predicted octanol–water partition coefficient (Wildman–Crippen LogP) is 1.27. The van der Waals surface area contributed by atoms with Gasteiger partial charge in [0.2, 0.25) is 0 Å². The van der Waals surface area contributed by atoms with Crippen LogP contribution < -0.4 is 0 Å². The van der Waals surface area contributed by atoms with Crippen LogP contribution >= 0.6 is 0 Å². The van der Waals surface area contributed by atoms with Crippen LogP contribution in [0.15, 0.2) is 12.1 Å². The SMILES string of the molecule is COC(=O)C[C@@H](O)c1cc(F)cc(F)c1O. The molecule has 16 heavy (non-hydrogen) atoms. The third-order valence-electron chi connectivity index (χ3n) is 2.00. The molecule has 0 aromatic heterocycles. The van der Waals surface area contributed by atoms with E-state index in [0.717, 1.165) is 13.2 Å². The van der Waals surface area contributed by atoms with E-state index in [4.69, 9.17) is 0 Å². The fourth-order valence-electron chi connectivity index (χ4n) is 1.19. The van der Waals surface area contributed by atoms with Gasteiger partial charge >= 0.3 is 5.97 Å². The van der Waals surface area contributed by atoms with Crippen LogP contribution in [0.2, 0.25) is 0 Å². The van der Waals surface area contributed by atoms with E-state index >= 15 is 0 Å². The third-order valence-corrected chi connectivity index (χ3v) is 2.00. The van der Waals surface area contributed by atoms with Gasteiger partial charge in [-0.15, -0.1) is 0 Å². The summed E-state index contributed by atoms with van der Waals surface area (Å²) in [5.41, 5.74) is -0.386. The second-order valence-corrected chi connectivity index (χ2v) is 3.12. The van der Waals surface area contributed by atoms with Gasteiger partial charge in [-0.25, -0.2) is 8.78 Å². The molecule has 88 valence electrons. The Bertz CT molecular complexity index is 406. The summed E-state index contributed by atoms with van der Waals surface area (Å²) in [6.45, 7) is 0. The van der Waals surface area contributed by atoms with Crippen molar-refractivity contribution >= 4 is 5.97 Å². The maximum atomic E-state index is 12.9. The number of aromatic hydroxyl groups is 1. The second-order valence-electron chi connectivity index (χ2n) is 3.12. The van der Waals surface area contributed by atoms with Crippen molar-refractivity contribution in [2.75, 3.05) is 7.11 Å². The van der Waals surface area contributed by atoms with E-state index in [1.807, 2.05) is 0 Å². The summed E-state index contributed by atoms with van der Waals surface area (Å²) in [4.78, 5) is 10.8. The van der Waals surface area contributed by atoms with Crippen LogP contribution in [0, 0.1) is 11.6 Å². The molecule has 1 rings (SSSR count). The minimum absolute atomic E-state index is 0.386. The van der Waals surface area contributed by atoms with Gasteiger partial charge in [0.05, 0.1) is 19.6 Å². The number of phenols is 1. The fourth-order valence-corrected chi connectivity index (χ4v) is 1.19. The van der Waals surface area contributed by atoms with Crippen molar-refractivity contribution in [2.45, 2.75) is 12.5 Å². The van der Waals surface area contributed by atoms with Gasteiger partial charge in [0, 0.05) is 11.6 Å². The number of esters is 1. The molecule has 1 atom stereocenters. The second kappa shape index (κ2) is 4.89. The van der Waals surface area contributed by atoms with Crippen molar-refractivity contribution in [1.82, 2.24) is 0 Å². The van der Waals surface area contributed by atoms with Crippen molar-refractivity contribution in [2.24, 2.45) is 0 Å². The van der Waals surface area contributed by atoms with Gasteiger partial charge < -0.3 is 14.9 Å². The predicted molar refractivity (Wildman–Crippen MR) is 49.6 cm³/mol. The molecule has 6 heteroatoms. The van der Waals surface area contributed by atoms with Gasteiger partial charge in [0.1, 0.15) is 5.82 Å². The molecule has 0 amide bonds. The lowest BCUT2D eigenvalue weighted by atomic mass is 10.1. The average molecular weight is 232 g/mol. The first-order valence-electron chi connectivity index (χ1n) is 4.38. The van der Waals surface area contributed by atoms with Crippen molar-refractivity contribution < 1.29 is 28.5 Å². The number of phenolic OH excluding ortho intramolecular Hbond substituents is 1. The number of hydrogen-bond acceptors (Lipinski definition) is 4. The number of carbonyl (C=O) groups is 1. The van der Waals surface area contributed by atoms with E-state index in [2.05, 4.69) is 4.74 Å². The summed E-state index contributed by atoms with van der Waals surface area (Å²) in [5, 5.41) is 18.7. The van der Waals surface area contributed by atoms with E-state index in [1.165, 1.54) is 0 Å². The number of ether oxygens (including phenoxy) is 1. The van der Waals surface area contributed by atoms with Crippen molar-refractivity contribution in [3.63, 3.8) is 0 Å².